The first kappa shape index (κ1) is 14.7. The van der Waals surface area contributed by atoms with Crippen LogP contribution in [-0.2, 0) is 9.59 Å². The largest absolute Gasteiger partial charge is 0.338 e. The molecular formula is C14H15N3O4S. The molecule has 116 valence electrons. The minimum absolute atomic E-state index is 0.0456. The zero-order valence-corrected chi connectivity index (χ0v) is 12.6. The van der Waals surface area contributed by atoms with Crippen molar-refractivity contribution >= 4 is 35.0 Å². The first-order valence-corrected chi connectivity index (χ1v) is 7.90. The average molecular weight is 321 g/mol. The number of hydrogen-bond donors (Lipinski definition) is 1. The van der Waals surface area contributed by atoms with E-state index in [0.29, 0.717) is 18.0 Å². The number of amides is 4. The molecule has 1 atom stereocenters. The highest BCUT2D eigenvalue weighted by molar-refractivity contribution is 7.12. The van der Waals surface area contributed by atoms with Gasteiger partial charge in [-0.2, -0.15) is 0 Å². The molecular weight excluding hydrogens is 306 g/mol. The third-order valence-corrected chi connectivity index (χ3v) is 4.80. The molecule has 0 unspecified atom stereocenters. The summed E-state index contributed by atoms with van der Waals surface area (Å²) in [5.74, 6) is -0.565. The fraction of sp³-hybridized carbons (Fsp3) is 0.429. The number of nitrogens with one attached hydrogen (secondary N) is 1. The Hall–Kier alpha value is -2.22. The predicted octanol–water partition coefficient (Wildman–Crippen LogP) is 0.474. The van der Waals surface area contributed by atoms with Crippen molar-refractivity contribution in [1.29, 1.82) is 0 Å². The standard InChI is InChI=1S/C14H15N3O4S/c18-10(11-2-1-7-22-11)3-4-12(19)16-5-6-17-9(8-16)13(20)15-14(17)21/h1-2,7,9H,3-6,8H2,(H,15,20,21)/t9-/m1/s1. The molecule has 2 aliphatic rings. The Labute approximate surface area is 130 Å². The van der Waals surface area contributed by atoms with Crippen LogP contribution in [0.25, 0.3) is 0 Å². The Morgan fingerprint density at radius 3 is 2.82 bits per heavy atom. The minimum atomic E-state index is -0.599. The van der Waals surface area contributed by atoms with Gasteiger partial charge < -0.3 is 9.80 Å². The number of thiophene rings is 1. The summed E-state index contributed by atoms with van der Waals surface area (Å²) in [7, 11) is 0. The quantitative estimate of drug-likeness (QED) is 0.645. The monoisotopic (exact) mass is 321 g/mol. The van der Waals surface area contributed by atoms with Gasteiger partial charge in [-0.05, 0) is 11.4 Å². The van der Waals surface area contributed by atoms with E-state index in [1.54, 1.807) is 17.0 Å². The van der Waals surface area contributed by atoms with E-state index in [4.69, 9.17) is 0 Å². The first-order valence-electron chi connectivity index (χ1n) is 7.02. The SMILES string of the molecule is O=C(CCC(=O)N1CCN2C(=O)NC(=O)[C@H]2C1)c1cccs1. The van der Waals surface area contributed by atoms with Gasteiger partial charge in [-0.25, -0.2) is 4.79 Å². The lowest BCUT2D eigenvalue weighted by molar-refractivity contribution is -0.135. The number of piperazine rings is 1. The maximum absolute atomic E-state index is 12.2. The summed E-state index contributed by atoms with van der Waals surface area (Å²) in [6, 6.07) is 2.55. The van der Waals surface area contributed by atoms with Gasteiger partial charge in [-0.3, -0.25) is 19.7 Å². The first-order chi connectivity index (χ1) is 10.6. The molecule has 2 saturated heterocycles. The molecule has 4 amide bonds. The zero-order chi connectivity index (χ0) is 15.7. The molecule has 2 fully saturated rings. The van der Waals surface area contributed by atoms with Gasteiger partial charge in [0.15, 0.2) is 5.78 Å². The summed E-state index contributed by atoms with van der Waals surface area (Å²) in [4.78, 5) is 50.9. The number of carbonyl (C=O) groups is 4. The predicted molar refractivity (Wildman–Crippen MR) is 78.5 cm³/mol. The van der Waals surface area contributed by atoms with Crippen LogP contribution in [0.1, 0.15) is 22.5 Å². The molecule has 0 aliphatic carbocycles. The van der Waals surface area contributed by atoms with E-state index in [0.717, 1.165) is 0 Å². The summed E-state index contributed by atoms with van der Waals surface area (Å²) < 4.78 is 0. The van der Waals surface area contributed by atoms with Crippen LogP contribution in [-0.4, -0.2) is 59.1 Å². The number of rotatable bonds is 4. The van der Waals surface area contributed by atoms with E-state index in [1.165, 1.54) is 16.2 Å². The topological polar surface area (TPSA) is 86.8 Å². The highest BCUT2D eigenvalue weighted by atomic mass is 32.1. The van der Waals surface area contributed by atoms with Gasteiger partial charge in [0.1, 0.15) is 6.04 Å². The summed E-state index contributed by atoms with van der Waals surface area (Å²) in [5, 5.41) is 4.07. The van der Waals surface area contributed by atoms with Crippen LogP contribution in [0.5, 0.6) is 0 Å². The van der Waals surface area contributed by atoms with Crippen molar-refractivity contribution in [1.82, 2.24) is 15.1 Å². The van der Waals surface area contributed by atoms with Gasteiger partial charge in [0.05, 0.1) is 11.4 Å². The van der Waals surface area contributed by atoms with Crippen LogP contribution in [0.2, 0.25) is 0 Å². The average Bonchev–Trinajstić information content (AvgIpc) is 3.14. The van der Waals surface area contributed by atoms with E-state index >= 15 is 0 Å². The molecule has 1 N–H and O–H groups in total. The molecule has 0 saturated carbocycles. The van der Waals surface area contributed by atoms with E-state index in [-0.39, 0.29) is 37.0 Å². The molecule has 0 bridgehead atoms. The molecule has 1 aromatic rings. The minimum Gasteiger partial charge on any atom is -0.338 e. The van der Waals surface area contributed by atoms with Crippen LogP contribution >= 0.6 is 11.3 Å². The van der Waals surface area contributed by atoms with E-state index in [2.05, 4.69) is 5.32 Å². The highest BCUT2D eigenvalue weighted by Gasteiger charge is 2.42. The number of imide groups is 1. The van der Waals surface area contributed by atoms with E-state index in [1.807, 2.05) is 5.38 Å². The summed E-state index contributed by atoms with van der Waals surface area (Å²) in [6.07, 6.45) is 0.286. The smallest absolute Gasteiger partial charge is 0.324 e. The molecule has 1 aromatic heterocycles. The third kappa shape index (κ3) is 2.74. The Bertz CT molecular complexity index is 628. The molecule has 3 rings (SSSR count). The Morgan fingerprint density at radius 1 is 1.27 bits per heavy atom. The number of carbonyl (C=O) groups excluding carboxylic acids is 4. The maximum atomic E-state index is 12.2. The number of hydrogen-bond acceptors (Lipinski definition) is 5. The lowest BCUT2D eigenvalue weighted by Gasteiger charge is -2.35. The molecule has 8 heteroatoms. The van der Waals surface area contributed by atoms with Crippen LogP contribution in [0, 0.1) is 0 Å². The third-order valence-electron chi connectivity index (χ3n) is 3.89. The fourth-order valence-electron chi connectivity index (χ4n) is 2.68. The summed E-state index contributed by atoms with van der Waals surface area (Å²) in [5.41, 5.74) is 0. The molecule has 0 radical (unpaired) electrons. The normalized spacial score (nSPS) is 20.8. The van der Waals surface area contributed by atoms with Crippen LogP contribution in [0.15, 0.2) is 17.5 Å². The van der Waals surface area contributed by atoms with Crippen molar-refractivity contribution in [3.05, 3.63) is 22.4 Å². The molecule has 2 aliphatic heterocycles. The van der Waals surface area contributed by atoms with Crippen LogP contribution in [0.4, 0.5) is 4.79 Å². The number of Topliss-reactive ketones (excluding diaryl/α,β-unsaturated/α-hetero) is 1. The van der Waals surface area contributed by atoms with Crippen molar-refractivity contribution in [2.75, 3.05) is 19.6 Å². The maximum Gasteiger partial charge on any atom is 0.324 e. The second-order valence-corrected chi connectivity index (χ2v) is 6.19. The van der Waals surface area contributed by atoms with Crippen molar-refractivity contribution in [2.24, 2.45) is 0 Å². The lowest BCUT2D eigenvalue weighted by Crippen LogP contribution is -2.54. The Morgan fingerprint density at radius 2 is 2.09 bits per heavy atom. The molecule has 22 heavy (non-hydrogen) atoms. The second kappa shape index (κ2) is 5.88. The van der Waals surface area contributed by atoms with Gasteiger partial charge in [0, 0.05) is 25.9 Å². The van der Waals surface area contributed by atoms with E-state index in [9.17, 15) is 19.2 Å². The van der Waals surface area contributed by atoms with Gasteiger partial charge in [0.25, 0.3) is 5.91 Å². The number of urea groups is 1. The van der Waals surface area contributed by atoms with Gasteiger partial charge >= 0.3 is 6.03 Å². The lowest BCUT2D eigenvalue weighted by atomic mass is 10.1. The van der Waals surface area contributed by atoms with Crippen molar-refractivity contribution in [2.45, 2.75) is 18.9 Å². The molecule has 0 spiro atoms. The van der Waals surface area contributed by atoms with Gasteiger partial charge in [-0.1, -0.05) is 6.07 Å². The van der Waals surface area contributed by atoms with Crippen molar-refractivity contribution in [3.8, 4) is 0 Å². The molecule has 3 heterocycles. The highest BCUT2D eigenvalue weighted by Crippen LogP contribution is 2.17. The second-order valence-electron chi connectivity index (χ2n) is 5.24. The van der Waals surface area contributed by atoms with Gasteiger partial charge in [0.2, 0.25) is 5.91 Å². The Kier molecular flexibility index (Phi) is 3.93. The number of fused-ring (bicyclic) bond motifs is 1. The van der Waals surface area contributed by atoms with Crippen LogP contribution < -0.4 is 5.32 Å². The molecule has 7 nitrogen and oxygen atoms in total. The van der Waals surface area contributed by atoms with Gasteiger partial charge in [-0.15, -0.1) is 11.3 Å². The van der Waals surface area contributed by atoms with Crippen molar-refractivity contribution < 1.29 is 19.2 Å². The summed E-state index contributed by atoms with van der Waals surface area (Å²) in [6.45, 7) is 0.930. The fourth-order valence-corrected chi connectivity index (χ4v) is 3.37. The van der Waals surface area contributed by atoms with E-state index < -0.39 is 12.1 Å². The number of ketones is 1. The van der Waals surface area contributed by atoms with Crippen molar-refractivity contribution in [3.63, 3.8) is 0 Å². The van der Waals surface area contributed by atoms with Crippen LogP contribution in [0.3, 0.4) is 0 Å². The Balaban J connectivity index is 1.54. The zero-order valence-electron chi connectivity index (χ0n) is 11.8. The molecule has 0 aromatic carbocycles. The summed E-state index contributed by atoms with van der Waals surface area (Å²) >= 11 is 1.36. The number of nitrogens with zero attached hydrogens (tertiary/aromatic N) is 2.